The first-order chi connectivity index (χ1) is 10.2. The molecule has 2 rings (SSSR count). The summed E-state index contributed by atoms with van der Waals surface area (Å²) in [6.07, 6.45) is 4.87. The molecule has 0 bridgehead atoms. The van der Waals surface area contributed by atoms with E-state index in [0.29, 0.717) is 15.8 Å². The molecule has 0 atom stereocenters. The molecule has 0 aromatic heterocycles. The topological polar surface area (TPSA) is 29.5 Å². The minimum Gasteiger partial charge on any atom is -0.496 e. The number of hydrogen-bond acceptors (Lipinski definition) is 5. The van der Waals surface area contributed by atoms with Crippen LogP contribution >= 0.6 is 35.7 Å². The van der Waals surface area contributed by atoms with E-state index in [2.05, 4.69) is 6.26 Å². The van der Waals surface area contributed by atoms with Gasteiger partial charge >= 0.3 is 0 Å². The van der Waals surface area contributed by atoms with E-state index in [-0.39, 0.29) is 5.91 Å². The molecule has 6 heteroatoms. The third-order valence-electron chi connectivity index (χ3n) is 3.03. The van der Waals surface area contributed by atoms with E-state index in [4.69, 9.17) is 17.0 Å². The molecule has 1 aromatic carbocycles. The monoisotopic (exact) mass is 339 g/mol. The Morgan fingerprint density at radius 1 is 1.43 bits per heavy atom. The number of ether oxygens (including phenoxy) is 1. The fourth-order valence-corrected chi connectivity index (χ4v) is 3.70. The quantitative estimate of drug-likeness (QED) is 0.448. The fourth-order valence-electron chi connectivity index (χ4n) is 1.99. The lowest BCUT2D eigenvalue weighted by Gasteiger charge is -2.13. The van der Waals surface area contributed by atoms with Gasteiger partial charge in [-0.05, 0) is 30.6 Å². The van der Waals surface area contributed by atoms with Crippen LogP contribution in [-0.4, -0.2) is 40.8 Å². The molecule has 112 valence electrons. The van der Waals surface area contributed by atoms with E-state index in [0.717, 1.165) is 23.5 Å². The van der Waals surface area contributed by atoms with Gasteiger partial charge in [-0.3, -0.25) is 9.69 Å². The van der Waals surface area contributed by atoms with Crippen molar-refractivity contribution in [3.05, 3.63) is 34.7 Å². The normalized spacial score (nSPS) is 16.9. The van der Waals surface area contributed by atoms with E-state index in [1.165, 1.54) is 11.8 Å². The molecule has 0 N–H and O–H groups in total. The Morgan fingerprint density at radius 3 is 2.90 bits per heavy atom. The molecule has 1 fully saturated rings. The summed E-state index contributed by atoms with van der Waals surface area (Å²) in [7, 11) is 1.63. The Hall–Kier alpha value is -0.980. The number of amides is 1. The van der Waals surface area contributed by atoms with Crippen LogP contribution in [0.5, 0.6) is 5.75 Å². The van der Waals surface area contributed by atoms with Gasteiger partial charge in [-0.15, -0.1) is 0 Å². The summed E-state index contributed by atoms with van der Waals surface area (Å²) in [6, 6.07) is 7.64. The molecule has 0 unspecified atom stereocenters. The summed E-state index contributed by atoms with van der Waals surface area (Å²) >= 11 is 8.45. The van der Waals surface area contributed by atoms with Crippen LogP contribution in [0.4, 0.5) is 0 Å². The first-order valence-corrected chi connectivity index (χ1v) is 9.16. The Kier molecular flexibility index (Phi) is 6.14. The number of para-hydroxylation sites is 1. The number of nitrogens with zero attached hydrogens (tertiary/aromatic N) is 1. The fraction of sp³-hybridized carbons (Fsp3) is 0.333. The van der Waals surface area contributed by atoms with E-state index >= 15 is 0 Å². The molecule has 1 amide bonds. The van der Waals surface area contributed by atoms with Crippen molar-refractivity contribution in [2.75, 3.05) is 25.7 Å². The standard InChI is InChI=1S/C15H17NO2S3/c1-18-12-7-4-3-6-11(12)10-13-14(17)16(15(19)21-13)8-5-9-20-2/h3-4,6-7,10H,5,8-9H2,1-2H3. The van der Waals surface area contributed by atoms with Gasteiger partial charge in [0.2, 0.25) is 0 Å². The minimum absolute atomic E-state index is 0.00277. The molecule has 1 aromatic rings. The van der Waals surface area contributed by atoms with E-state index in [9.17, 15) is 4.79 Å². The van der Waals surface area contributed by atoms with Gasteiger partial charge in [0.15, 0.2) is 0 Å². The second-order valence-corrected chi connectivity index (χ2v) is 7.08. The van der Waals surface area contributed by atoms with Crippen LogP contribution in [0.15, 0.2) is 29.2 Å². The van der Waals surface area contributed by atoms with Crippen molar-refractivity contribution in [3.8, 4) is 5.75 Å². The van der Waals surface area contributed by atoms with Crippen molar-refractivity contribution in [3.63, 3.8) is 0 Å². The van der Waals surface area contributed by atoms with Gasteiger partial charge in [0.25, 0.3) is 5.91 Å². The van der Waals surface area contributed by atoms with E-state index in [1.807, 2.05) is 30.3 Å². The highest BCUT2D eigenvalue weighted by Crippen LogP contribution is 2.34. The van der Waals surface area contributed by atoms with Crippen molar-refractivity contribution >= 4 is 52.0 Å². The highest BCUT2D eigenvalue weighted by molar-refractivity contribution is 8.26. The lowest BCUT2D eigenvalue weighted by atomic mass is 10.2. The van der Waals surface area contributed by atoms with Crippen LogP contribution in [0.2, 0.25) is 0 Å². The van der Waals surface area contributed by atoms with Gasteiger partial charge in [-0.25, -0.2) is 0 Å². The number of carbonyl (C=O) groups is 1. The molecule has 21 heavy (non-hydrogen) atoms. The van der Waals surface area contributed by atoms with Crippen LogP contribution in [0.1, 0.15) is 12.0 Å². The van der Waals surface area contributed by atoms with E-state index < -0.39 is 0 Å². The second-order valence-electron chi connectivity index (χ2n) is 4.42. The Bertz CT molecular complexity index is 572. The number of hydrogen-bond donors (Lipinski definition) is 0. The number of benzene rings is 1. The van der Waals surface area contributed by atoms with Gasteiger partial charge in [0.1, 0.15) is 10.1 Å². The first kappa shape index (κ1) is 16.4. The maximum absolute atomic E-state index is 12.4. The highest BCUT2D eigenvalue weighted by Gasteiger charge is 2.31. The average molecular weight is 340 g/mol. The molecular formula is C15H17NO2S3. The van der Waals surface area contributed by atoms with Crippen molar-refractivity contribution in [2.24, 2.45) is 0 Å². The van der Waals surface area contributed by atoms with Crippen LogP contribution in [0.3, 0.4) is 0 Å². The molecule has 1 aliphatic heterocycles. The van der Waals surface area contributed by atoms with Crippen LogP contribution in [-0.2, 0) is 4.79 Å². The molecule has 1 heterocycles. The summed E-state index contributed by atoms with van der Waals surface area (Å²) in [4.78, 5) is 14.8. The van der Waals surface area contributed by atoms with Crippen LogP contribution in [0.25, 0.3) is 6.08 Å². The number of carbonyl (C=O) groups excluding carboxylic acids is 1. The van der Waals surface area contributed by atoms with E-state index in [1.54, 1.807) is 23.8 Å². The SMILES string of the molecule is COc1ccccc1C=C1SC(=S)N(CCCSC)C1=O. The van der Waals surface area contributed by atoms with Gasteiger partial charge in [-0.1, -0.05) is 42.2 Å². The highest BCUT2D eigenvalue weighted by atomic mass is 32.2. The minimum atomic E-state index is -0.00277. The van der Waals surface area contributed by atoms with Gasteiger partial charge < -0.3 is 4.74 Å². The molecule has 0 aliphatic carbocycles. The Labute approximate surface area is 139 Å². The molecule has 3 nitrogen and oxygen atoms in total. The van der Waals surface area contributed by atoms with Crippen molar-refractivity contribution in [1.29, 1.82) is 0 Å². The number of thiocarbonyl (C=S) groups is 1. The maximum atomic E-state index is 12.4. The molecule has 0 spiro atoms. The van der Waals surface area contributed by atoms with Crippen molar-refractivity contribution < 1.29 is 9.53 Å². The third kappa shape index (κ3) is 4.02. The first-order valence-electron chi connectivity index (χ1n) is 6.54. The third-order valence-corrected chi connectivity index (χ3v) is 5.10. The largest absolute Gasteiger partial charge is 0.496 e. The average Bonchev–Trinajstić information content (AvgIpc) is 2.75. The molecule has 0 radical (unpaired) electrons. The Balaban J connectivity index is 2.16. The van der Waals surface area contributed by atoms with Gasteiger partial charge in [0.05, 0.1) is 12.0 Å². The lowest BCUT2D eigenvalue weighted by molar-refractivity contribution is -0.122. The summed E-state index contributed by atoms with van der Waals surface area (Å²) in [5.74, 6) is 1.78. The Morgan fingerprint density at radius 2 is 2.19 bits per heavy atom. The molecule has 0 saturated carbocycles. The predicted octanol–water partition coefficient (Wildman–Crippen LogP) is 3.65. The summed E-state index contributed by atoms with van der Waals surface area (Å²) in [5.41, 5.74) is 0.893. The smallest absolute Gasteiger partial charge is 0.266 e. The number of rotatable bonds is 6. The number of methoxy groups -OCH3 is 1. The molecule has 1 aliphatic rings. The zero-order valence-electron chi connectivity index (χ0n) is 12.0. The van der Waals surface area contributed by atoms with Crippen LogP contribution in [0, 0.1) is 0 Å². The van der Waals surface area contributed by atoms with Crippen LogP contribution < -0.4 is 4.74 Å². The molecule has 1 saturated heterocycles. The zero-order chi connectivity index (χ0) is 15.2. The summed E-state index contributed by atoms with van der Waals surface area (Å²) in [6.45, 7) is 0.689. The second kappa shape index (κ2) is 7.87. The van der Waals surface area contributed by atoms with Crippen molar-refractivity contribution in [2.45, 2.75) is 6.42 Å². The summed E-state index contributed by atoms with van der Waals surface area (Å²) in [5, 5.41) is 0. The number of thioether (sulfide) groups is 2. The zero-order valence-corrected chi connectivity index (χ0v) is 14.4. The van der Waals surface area contributed by atoms with Crippen molar-refractivity contribution in [1.82, 2.24) is 4.90 Å². The molecular weight excluding hydrogens is 322 g/mol. The summed E-state index contributed by atoms with van der Waals surface area (Å²) < 4.78 is 5.95. The van der Waals surface area contributed by atoms with Gasteiger partial charge in [-0.2, -0.15) is 11.8 Å². The maximum Gasteiger partial charge on any atom is 0.266 e. The van der Waals surface area contributed by atoms with Gasteiger partial charge in [0, 0.05) is 12.1 Å². The predicted molar refractivity (Wildman–Crippen MR) is 95.9 cm³/mol. The lowest BCUT2D eigenvalue weighted by Crippen LogP contribution is -2.29.